The maximum absolute atomic E-state index is 4.94. The molecule has 0 spiro atoms. The van der Waals surface area contributed by atoms with E-state index in [1.54, 1.807) is 26.2 Å². The molecule has 3 nitrogen and oxygen atoms in total. The molecule has 10 heavy (non-hydrogen) atoms. The van der Waals surface area contributed by atoms with Crippen LogP contribution in [0, 0.1) is 0 Å². The average Bonchev–Trinajstić information content (AvgIpc) is 1.62. The first-order valence-electron chi connectivity index (χ1n) is 3.08. The van der Waals surface area contributed by atoms with E-state index >= 15 is 0 Å². The van der Waals surface area contributed by atoms with Crippen LogP contribution in [0.4, 0.5) is 0 Å². The van der Waals surface area contributed by atoms with Gasteiger partial charge in [0.1, 0.15) is 0 Å². The fourth-order valence-electron chi connectivity index (χ4n) is 0.231. The Hall–Kier alpha value is -0.310. The average molecular weight is 139 g/mol. The van der Waals surface area contributed by atoms with Gasteiger partial charge in [-0.15, -0.1) is 0 Å². The summed E-state index contributed by atoms with van der Waals surface area (Å²) in [5, 5.41) is 5.58. The number of nitrogens with zero attached hydrogens (tertiary/aromatic N) is 3. The normalized spacial score (nSPS) is 8.60. The minimum Gasteiger partial charge on any atom is -0.359 e. The Morgan fingerprint density at radius 1 is 1.20 bits per heavy atom. The van der Waals surface area contributed by atoms with Crippen molar-refractivity contribution in [3.05, 3.63) is 0 Å². The molecule has 0 aromatic heterocycles. The molecule has 0 aliphatic heterocycles. The Labute approximate surface area is 65.8 Å². The van der Waals surface area contributed by atoms with Gasteiger partial charge in [0.25, 0.3) is 0 Å². The van der Waals surface area contributed by atoms with Gasteiger partial charge in [0.05, 0.1) is 0 Å². The van der Waals surface area contributed by atoms with E-state index in [2.05, 4.69) is 5.00 Å². The van der Waals surface area contributed by atoms with Gasteiger partial charge < -0.3 is 4.81 Å². The van der Waals surface area contributed by atoms with Crippen LogP contribution in [0.15, 0.2) is 5.00 Å². The standard InChI is InChI=1S/C3H9BN2.C2H6BN/c1-4-5-6(2)3;1-4(2)3/h1-3H3;1-2H3. The van der Waals surface area contributed by atoms with Gasteiger partial charge in [-0.05, 0) is 14.1 Å². The van der Waals surface area contributed by atoms with Crippen LogP contribution in [-0.4, -0.2) is 53.1 Å². The first-order chi connectivity index (χ1) is 4.50. The van der Waals surface area contributed by atoms with E-state index in [9.17, 15) is 0 Å². The molecule has 0 heterocycles. The zero-order chi connectivity index (χ0) is 8.57. The molecule has 0 amide bonds. The molecule has 0 fully saturated rings. The van der Waals surface area contributed by atoms with Gasteiger partial charge in [-0.25, -0.2) is 0 Å². The molecule has 0 bridgehead atoms. The second kappa shape index (κ2) is 8.69. The minimum atomic E-state index is 1.50. The maximum atomic E-state index is 4.94. The van der Waals surface area contributed by atoms with Crippen molar-refractivity contribution in [1.29, 1.82) is 0 Å². The van der Waals surface area contributed by atoms with Crippen molar-refractivity contribution in [2.45, 2.75) is 6.82 Å². The summed E-state index contributed by atoms with van der Waals surface area (Å²) in [7, 11) is 14.0. The largest absolute Gasteiger partial charge is 0.359 e. The van der Waals surface area contributed by atoms with Crippen LogP contribution in [-0.2, 0) is 0 Å². The molecule has 0 aliphatic rings. The topological polar surface area (TPSA) is 18.8 Å². The molecule has 0 unspecified atom stereocenters. The third-order valence-corrected chi connectivity index (χ3v) is 0.346. The Kier molecular flexibility index (Phi) is 10.8. The van der Waals surface area contributed by atoms with E-state index in [0.29, 0.717) is 0 Å². The summed E-state index contributed by atoms with van der Waals surface area (Å²) in [5.74, 6) is 0. The Morgan fingerprint density at radius 3 is 1.50 bits per heavy atom. The van der Waals surface area contributed by atoms with Crippen LogP contribution in [0.3, 0.4) is 0 Å². The molecule has 0 saturated heterocycles. The van der Waals surface area contributed by atoms with E-state index in [1.165, 1.54) is 4.81 Å². The summed E-state index contributed by atoms with van der Waals surface area (Å²) >= 11 is 0. The van der Waals surface area contributed by atoms with Crippen molar-refractivity contribution in [2.24, 2.45) is 5.00 Å². The van der Waals surface area contributed by atoms with E-state index in [-0.39, 0.29) is 0 Å². The summed E-state index contributed by atoms with van der Waals surface area (Å²) in [4.78, 5) is 1.50. The molecule has 2 radical (unpaired) electrons. The van der Waals surface area contributed by atoms with Crippen molar-refractivity contribution >= 4 is 15.1 Å². The van der Waals surface area contributed by atoms with Gasteiger partial charge in [0.15, 0.2) is 7.98 Å². The Balaban J connectivity index is 0. The molecular formula is C5H15B2N3. The summed E-state index contributed by atoms with van der Waals surface area (Å²) < 4.78 is 0. The van der Waals surface area contributed by atoms with Crippen LogP contribution in [0.1, 0.15) is 0 Å². The van der Waals surface area contributed by atoms with Gasteiger partial charge in [0.2, 0.25) is 0 Å². The van der Waals surface area contributed by atoms with Crippen LogP contribution in [0.5, 0.6) is 0 Å². The third kappa shape index (κ3) is 47.6. The molecular weight excluding hydrogens is 124 g/mol. The fourth-order valence-corrected chi connectivity index (χ4v) is 0.231. The first kappa shape index (κ1) is 12.4. The fraction of sp³-hybridized carbons (Fsp3) is 1.00. The van der Waals surface area contributed by atoms with Crippen LogP contribution < -0.4 is 0 Å². The first-order valence-corrected chi connectivity index (χ1v) is 3.08. The Morgan fingerprint density at radius 2 is 1.50 bits per heavy atom. The van der Waals surface area contributed by atoms with Crippen LogP contribution in [0.2, 0.25) is 6.82 Å². The molecule has 0 saturated carbocycles. The SMILES string of the molecule is CB=NN(C)C.[B]N(C)C. The molecule has 0 atom stereocenters. The van der Waals surface area contributed by atoms with Crippen molar-refractivity contribution in [1.82, 2.24) is 9.82 Å². The van der Waals surface area contributed by atoms with Gasteiger partial charge in [0, 0.05) is 0 Å². The van der Waals surface area contributed by atoms with Gasteiger partial charge in [-0.1, -0.05) is 0 Å². The molecule has 0 aliphatic carbocycles. The van der Waals surface area contributed by atoms with Crippen molar-refractivity contribution in [3.8, 4) is 0 Å². The maximum Gasteiger partial charge on any atom is 0.181 e. The smallest absolute Gasteiger partial charge is 0.181 e. The van der Waals surface area contributed by atoms with Crippen LogP contribution >= 0.6 is 0 Å². The van der Waals surface area contributed by atoms with Crippen molar-refractivity contribution in [2.75, 3.05) is 28.2 Å². The van der Waals surface area contributed by atoms with Crippen LogP contribution in [0.25, 0.3) is 0 Å². The van der Waals surface area contributed by atoms with Crippen molar-refractivity contribution in [3.63, 3.8) is 0 Å². The predicted octanol–water partition coefficient (Wildman–Crippen LogP) is 0.0304. The van der Waals surface area contributed by atoms with Gasteiger partial charge in [-0.3, -0.25) is 0 Å². The van der Waals surface area contributed by atoms with Gasteiger partial charge >= 0.3 is 38.0 Å². The second-order valence-corrected chi connectivity index (χ2v) is 2.18. The zero-order valence-electron chi connectivity index (χ0n) is 7.50. The van der Waals surface area contributed by atoms with E-state index < -0.39 is 0 Å². The monoisotopic (exact) mass is 139 g/mol. The molecule has 0 N–H and O–H groups in total. The predicted molar refractivity (Wildman–Crippen MR) is 47.2 cm³/mol. The quantitative estimate of drug-likeness (QED) is 0.376. The van der Waals surface area contributed by atoms with E-state index in [1.807, 2.05) is 20.9 Å². The molecule has 0 rings (SSSR count). The summed E-state index contributed by atoms with van der Waals surface area (Å²) in [6, 6.07) is 0. The van der Waals surface area contributed by atoms with E-state index in [4.69, 9.17) is 7.98 Å². The number of rotatable bonds is 1. The molecule has 5 heteroatoms. The number of hydrogen-bond acceptors (Lipinski definition) is 3. The van der Waals surface area contributed by atoms with Crippen molar-refractivity contribution < 1.29 is 0 Å². The summed E-state index contributed by atoms with van der Waals surface area (Å²) in [6.07, 6.45) is 0. The Bertz CT molecular complexity index is 80.2. The van der Waals surface area contributed by atoms with Gasteiger partial charge in [-0.2, -0.15) is 0 Å². The third-order valence-electron chi connectivity index (χ3n) is 0.346. The molecule has 0 aromatic carbocycles. The number of hydrogen-bond donors (Lipinski definition) is 0. The molecule has 56 valence electrons. The molecule has 0 aromatic rings. The summed E-state index contributed by atoms with van der Waals surface area (Å²) in [5.41, 5.74) is 0. The second-order valence-electron chi connectivity index (χ2n) is 2.18. The van der Waals surface area contributed by atoms with E-state index in [0.717, 1.165) is 0 Å². The summed E-state index contributed by atoms with van der Waals surface area (Å²) in [6.45, 7) is 1.89. The zero-order valence-corrected chi connectivity index (χ0v) is 7.50. The minimum absolute atomic E-state index is 1.50.